The lowest BCUT2D eigenvalue weighted by Gasteiger charge is -2.13. The first-order valence-electron chi connectivity index (χ1n) is 5.34. The van der Waals surface area contributed by atoms with Gasteiger partial charge in [-0.05, 0) is 12.5 Å². The maximum atomic E-state index is 5.61. The lowest BCUT2D eigenvalue weighted by Crippen LogP contribution is -2.16. The van der Waals surface area contributed by atoms with E-state index in [1.54, 1.807) is 0 Å². The molecule has 2 rings (SSSR count). The van der Waals surface area contributed by atoms with E-state index in [2.05, 4.69) is 35.3 Å². The van der Waals surface area contributed by atoms with Crippen LogP contribution in [0.1, 0.15) is 17.0 Å². The van der Waals surface area contributed by atoms with E-state index >= 15 is 0 Å². The molecule has 0 bridgehead atoms. The fourth-order valence-corrected chi connectivity index (χ4v) is 1.71. The third-order valence-electron chi connectivity index (χ3n) is 2.40. The van der Waals surface area contributed by atoms with Crippen molar-refractivity contribution in [3.8, 4) is 0 Å². The van der Waals surface area contributed by atoms with Crippen molar-refractivity contribution in [3.05, 3.63) is 41.3 Å². The summed E-state index contributed by atoms with van der Waals surface area (Å²) >= 11 is 5.61. The SMILES string of the molecule is Cc1cccc(CN(C)c2nnc(CCl)o2)c1. The fourth-order valence-electron chi connectivity index (χ4n) is 1.60. The molecule has 4 nitrogen and oxygen atoms in total. The molecule has 0 N–H and O–H groups in total. The Hall–Kier alpha value is -1.55. The van der Waals surface area contributed by atoms with E-state index in [0.717, 1.165) is 6.54 Å². The van der Waals surface area contributed by atoms with E-state index in [1.807, 2.05) is 18.0 Å². The third kappa shape index (κ3) is 2.97. The van der Waals surface area contributed by atoms with Crippen molar-refractivity contribution < 1.29 is 4.42 Å². The van der Waals surface area contributed by atoms with Gasteiger partial charge in [-0.25, -0.2) is 0 Å². The van der Waals surface area contributed by atoms with E-state index in [4.69, 9.17) is 16.0 Å². The number of hydrogen-bond donors (Lipinski definition) is 0. The van der Waals surface area contributed by atoms with E-state index in [9.17, 15) is 0 Å². The average Bonchev–Trinajstić information content (AvgIpc) is 2.77. The molecular weight excluding hydrogens is 238 g/mol. The molecule has 0 atom stereocenters. The molecule has 0 aliphatic heterocycles. The summed E-state index contributed by atoms with van der Waals surface area (Å²) in [6, 6.07) is 8.80. The molecule has 0 radical (unpaired) electrons. The average molecular weight is 252 g/mol. The molecule has 0 fully saturated rings. The number of anilines is 1. The maximum absolute atomic E-state index is 5.61. The zero-order chi connectivity index (χ0) is 12.3. The summed E-state index contributed by atoms with van der Waals surface area (Å²) in [7, 11) is 1.91. The molecule has 0 aliphatic carbocycles. The molecule has 0 saturated heterocycles. The van der Waals surface area contributed by atoms with Crippen molar-refractivity contribution in [2.45, 2.75) is 19.3 Å². The van der Waals surface area contributed by atoms with Crippen LogP contribution >= 0.6 is 11.6 Å². The van der Waals surface area contributed by atoms with Gasteiger partial charge in [-0.2, -0.15) is 0 Å². The molecule has 0 spiro atoms. The summed E-state index contributed by atoms with van der Waals surface area (Å²) in [6.45, 7) is 2.80. The Morgan fingerprint density at radius 1 is 1.35 bits per heavy atom. The number of benzene rings is 1. The highest BCUT2D eigenvalue weighted by Gasteiger charge is 2.10. The van der Waals surface area contributed by atoms with Crippen molar-refractivity contribution >= 4 is 17.6 Å². The number of alkyl halides is 1. The van der Waals surface area contributed by atoms with Gasteiger partial charge in [0.25, 0.3) is 0 Å². The largest absolute Gasteiger partial charge is 0.407 e. The minimum absolute atomic E-state index is 0.241. The van der Waals surface area contributed by atoms with Crippen LogP contribution < -0.4 is 4.90 Å². The summed E-state index contributed by atoms with van der Waals surface area (Å²) in [5, 5.41) is 7.76. The second-order valence-electron chi connectivity index (χ2n) is 3.96. The number of rotatable bonds is 4. The van der Waals surface area contributed by atoms with Crippen LogP contribution in [0.25, 0.3) is 0 Å². The molecule has 90 valence electrons. The molecule has 1 heterocycles. The Bertz CT molecular complexity index is 498. The first-order chi connectivity index (χ1) is 8.19. The van der Waals surface area contributed by atoms with Crippen LogP contribution in [0.3, 0.4) is 0 Å². The summed E-state index contributed by atoms with van der Waals surface area (Å²) < 4.78 is 5.37. The van der Waals surface area contributed by atoms with Crippen molar-refractivity contribution in [1.29, 1.82) is 0 Å². The Morgan fingerprint density at radius 2 is 2.18 bits per heavy atom. The Balaban J connectivity index is 2.08. The number of aryl methyl sites for hydroxylation is 1. The molecular formula is C12H14ClN3O. The summed E-state index contributed by atoms with van der Waals surface area (Å²) in [4.78, 5) is 1.90. The molecule has 1 aromatic heterocycles. The lowest BCUT2D eigenvalue weighted by molar-refractivity contribution is 0.506. The number of hydrogen-bond acceptors (Lipinski definition) is 4. The normalized spacial score (nSPS) is 10.5. The molecule has 0 amide bonds. The molecule has 0 unspecified atom stereocenters. The van der Waals surface area contributed by atoms with Gasteiger partial charge in [0.15, 0.2) is 0 Å². The van der Waals surface area contributed by atoms with Crippen LogP contribution in [-0.4, -0.2) is 17.2 Å². The van der Waals surface area contributed by atoms with E-state index in [-0.39, 0.29) is 5.88 Å². The molecule has 17 heavy (non-hydrogen) atoms. The smallest absolute Gasteiger partial charge is 0.318 e. The number of aromatic nitrogens is 2. The maximum Gasteiger partial charge on any atom is 0.318 e. The molecule has 0 saturated carbocycles. The minimum atomic E-state index is 0.241. The van der Waals surface area contributed by atoms with Crippen molar-refractivity contribution in [3.63, 3.8) is 0 Å². The van der Waals surface area contributed by atoms with Gasteiger partial charge in [-0.3, -0.25) is 0 Å². The Labute approximate surface area is 105 Å². The monoisotopic (exact) mass is 251 g/mol. The van der Waals surface area contributed by atoms with Crippen LogP contribution in [0.4, 0.5) is 6.01 Å². The lowest BCUT2D eigenvalue weighted by atomic mass is 10.1. The van der Waals surface area contributed by atoms with Gasteiger partial charge in [0.2, 0.25) is 5.89 Å². The number of halogens is 1. The topological polar surface area (TPSA) is 42.2 Å². The molecule has 0 aliphatic rings. The Kier molecular flexibility index (Phi) is 3.64. The van der Waals surface area contributed by atoms with Gasteiger partial charge in [-0.1, -0.05) is 34.9 Å². The summed E-state index contributed by atoms with van der Waals surface area (Å²) in [5.41, 5.74) is 2.45. The molecule has 2 aromatic rings. The Morgan fingerprint density at radius 3 is 2.82 bits per heavy atom. The first kappa shape index (κ1) is 11.9. The number of nitrogens with zero attached hydrogens (tertiary/aromatic N) is 3. The third-order valence-corrected chi connectivity index (χ3v) is 2.63. The predicted octanol–water partition coefficient (Wildman–Crippen LogP) is 2.75. The van der Waals surface area contributed by atoms with Crippen LogP contribution in [0.15, 0.2) is 28.7 Å². The zero-order valence-corrected chi connectivity index (χ0v) is 10.6. The second kappa shape index (κ2) is 5.19. The van der Waals surface area contributed by atoms with Gasteiger partial charge < -0.3 is 9.32 Å². The van der Waals surface area contributed by atoms with E-state index in [1.165, 1.54) is 11.1 Å². The van der Waals surface area contributed by atoms with Gasteiger partial charge >= 0.3 is 6.01 Å². The minimum Gasteiger partial charge on any atom is -0.407 e. The summed E-state index contributed by atoms with van der Waals surface area (Å²) in [5.74, 6) is 0.684. The van der Waals surface area contributed by atoms with Crippen LogP contribution in [0.5, 0.6) is 0 Å². The quantitative estimate of drug-likeness (QED) is 0.784. The second-order valence-corrected chi connectivity index (χ2v) is 4.22. The van der Waals surface area contributed by atoms with Crippen molar-refractivity contribution in [2.75, 3.05) is 11.9 Å². The van der Waals surface area contributed by atoms with E-state index < -0.39 is 0 Å². The van der Waals surface area contributed by atoms with Crippen LogP contribution in [0, 0.1) is 6.92 Å². The highest BCUT2D eigenvalue weighted by atomic mass is 35.5. The van der Waals surface area contributed by atoms with Gasteiger partial charge in [0, 0.05) is 13.6 Å². The molecule has 1 aromatic carbocycles. The summed E-state index contributed by atoms with van der Waals surface area (Å²) in [6.07, 6.45) is 0. The van der Waals surface area contributed by atoms with Crippen LogP contribution in [0.2, 0.25) is 0 Å². The standard InChI is InChI=1S/C12H14ClN3O/c1-9-4-3-5-10(6-9)8-16(2)12-15-14-11(7-13)17-12/h3-6H,7-8H2,1-2H3. The zero-order valence-electron chi connectivity index (χ0n) is 9.85. The van der Waals surface area contributed by atoms with E-state index in [0.29, 0.717) is 11.9 Å². The molecule has 5 heteroatoms. The van der Waals surface area contributed by atoms with Crippen molar-refractivity contribution in [1.82, 2.24) is 10.2 Å². The fraction of sp³-hybridized carbons (Fsp3) is 0.333. The highest BCUT2D eigenvalue weighted by Crippen LogP contribution is 2.15. The van der Waals surface area contributed by atoms with Crippen molar-refractivity contribution in [2.24, 2.45) is 0 Å². The van der Waals surface area contributed by atoms with Gasteiger partial charge in [0.1, 0.15) is 5.88 Å². The highest BCUT2D eigenvalue weighted by molar-refractivity contribution is 6.16. The predicted molar refractivity (Wildman–Crippen MR) is 67.1 cm³/mol. The van der Waals surface area contributed by atoms with Crippen LogP contribution in [-0.2, 0) is 12.4 Å². The van der Waals surface area contributed by atoms with Gasteiger partial charge in [-0.15, -0.1) is 16.7 Å². The van der Waals surface area contributed by atoms with Gasteiger partial charge in [0.05, 0.1) is 0 Å². The first-order valence-corrected chi connectivity index (χ1v) is 5.87.